The van der Waals surface area contributed by atoms with Crippen molar-refractivity contribution in [3.05, 3.63) is 30.3 Å². The van der Waals surface area contributed by atoms with Gasteiger partial charge in [-0.3, -0.25) is 4.79 Å². The molecule has 0 aliphatic rings. The van der Waals surface area contributed by atoms with Gasteiger partial charge in [0.25, 0.3) is 0 Å². The van der Waals surface area contributed by atoms with Gasteiger partial charge in [-0.25, -0.2) is 0 Å². The molecule has 0 bridgehead atoms. The first-order chi connectivity index (χ1) is 10.8. The maximum absolute atomic E-state index is 12.4. The summed E-state index contributed by atoms with van der Waals surface area (Å²) in [6.07, 6.45) is 0.114. The number of hydrogen-bond acceptors (Lipinski definition) is 4. The van der Waals surface area contributed by atoms with Gasteiger partial charge in [0.05, 0.1) is 18.7 Å². The van der Waals surface area contributed by atoms with Crippen LogP contribution in [0.2, 0.25) is 0 Å². The van der Waals surface area contributed by atoms with Gasteiger partial charge in [0, 0.05) is 12.2 Å². The molecule has 0 unspecified atom stereocenters. The van der Waals surface area contributed by atoms with E-state index in [0.29, 0.717) is 13.0 Å². The Morgan fingerprint density at radius 3 is 2.48 bits per heavy atom. The van der Waals surface area contributed by atoms with Crippen LogP contribution < -0.4 is 10.2 Å². The fraction of sp³-hybridized carbons (Fsp3) is 0.556. The van der Waals surface area contributed by atoms with Crippen LogP contribution in [-0.2, 0) is 4.79 Å². The molecular weight excluding hydrogens is 290 g/mol. The Morgan fingerprint density at radius 2 is 2.00 bits per heavy atom. The topological polar surface area (TPSA) is 76.4 Å². The predicted octanol–water partition coefficient (Wildman–Crippen LogP) is 2.32. The number of amides is 1. The number of carbonyl (C=O) groups excluding carboxylic acids is 1. The van der Waals surface area contributed by atoms with Crippen molar-refractivity contribution in [2.24, 2.45) is 5.92 Å². The lowest BCUT2D eigenvalue weighted by atomic mass is 9.90. The number of hydrogen-bond donors (Lipinski definition) is 2. The Morgan fingerprint density at radius 1 is 1.39 bits per heavy atom. The summed E-state index contributed by atoms with van der Waals surface area (Å²) in [4.78, 5) is 14.2. The first kappa shape index (κ1) is 19.0. The number of nitrogens with one attached hydrogen (secondary N) is 1. The summed E-state index contributed by atoms with van der Waals surface area (Å²) in [5.74, 6) is -0.224. The minimum absolute atomic E-state index is 0.00265. The zero-order valence-corrected chi connectivity index (χ0v) is 14.4. The molecule has 0 saturated carbocycles. The molecule has 2 N–H and O–H groups in total. The molecule has 1 amide bonds. The van der Waals surface area contributed by atoms with E-state index in [1.807, 2.05) is 56.0 Å². The highest BCUT2D eigenvalue weighted by Gasteiger charge is 2.30. The van der Waals surface area contributed by atoms with Crippen molar-refractivity contribution in [2.75, 3.05) is 18.0 Å². The molecular formula is C18H27N3O2. The highest BCUT2D eigenvalue weighted by atomic mass is 16.3. The van der Waals surface area contributed by atoms with Crippen LogP contribution in [0.3, 0.4) is 0 Å². The molecule has 5 heteroatoms. The molecule has 1 aromatic carbocycles. The lowest BCUT2D eigenvalue weighted by Crippen LogP contribution is -2.52. The van der Waals surface area contributed by atoms with Gasteiger partial charge in [-0.15, -0.1) is 0 Å². The number of nitriles is 1. The molecule has 0 fully saturated rings. The Bertz CT molecular complexity index is 539. The summed E-state index contributed by atoms with van der Waals surface area (Å²) in [6.45, 7) is 7.91. The van der Waals surface area contributed by atoms with Gasteiger partial charge in [-0.2, -0.15) is 5.26 Å². The highest BCUT2D eigenvalue weighted by Crippen LogP contribution is 2.17. The molecule has 23 heavy (non-hydrogen) atoms. The van der Waals surface area contributed by atoms with E-state index in [9.17, 15) is 15.2 Å². The third-order valence-corrected chi connectivity index (χ3v) is 4.14. The highest BCUT2D eigenvalue weighted by molar-refractivity contribution is 5.82. The Kier molecular flexibility index (Phi) is 7.05. The third-order valence-electron chi connectivity index (χ3n) is 4.14. The van der Waals surface area contributed by atoms with Crippen LogP contribution in [0.4, 0.5) is 5.69 Å². The van der Waals surface area contributed by atoms with Crippen LogP contribution in [0.1, 0.15) is 34.1 Å². The van der Waals surface area contributed by atoms with Gasteiger partial charge in [-0.05, 0) is 31.4 Å². The molecule has 0 radical (unpaired) electrons. The number of benzene rings is 1. The number of anilines is 1. The zero-order chi connectivity index (χ0) is 17.5. The smallest absolute Gasteiger partial charge is 0.240 e. The monoisotopic (exact) mass is 317 g/mol. The lowest BCUT2D eigenvalue weighted by Gasteiger charge is -2.31. The molecule has 0 saturated heterocycles. The van der Waals surface area contributed by atoms with Gasteiger partial charge < -0.3 is 15.3 Å². The molecule has 126 valence electrons. The van der Waals surface area contributed by atoms with Gasteiger partial charge in [0.1, 0.15) is 5.54 Å². The molecule has 0 aliphatic carbocycles. The van der Waals surface area contributed by atoms with Crippen molar-refractivity contribution in [1.29, 1.82) is 5.26 Å². The fourth-order valence-electron chi connectivity index (χ4n) is 2.09. The number of aliphatic hydroxyl groups excluding tert-OH is 1. The van der Waals surface area contributed by atoms with Gasteiger partial charge in [0.15, 0.2) is 0 Å². The second kappa shape index (κ2) is 8.54. The van der Waals surface area contributed by atoms with E-state index in [-0.39, 0.29) is 18.4 Å². The molecule has 0 spiro atoms. The lowest BCUT2D eigenvalue weighted by molar-refractivity contribution is -0.121. The standard InChI is InChI=1S/C18H27N3O2/c1-5-16(22)11-21(15-9-7-6-8-10-15)12-17(23)20-18(4,13-19)14(2)3/h6-10,14,16,22H,5,11-12H2,1-4H3,(H,20,23)/t16-,18+/m0/s1. The van der Waals surface area contributed by atoms with Crippen LogP contribution in [0.5, 0.6) is 0 Å². The second-order valence-corrected chi connectivity index (χ2v) is 6.30. The van der Waals surface area contributed by atoms with Crippen molar-refractivity contribution in [2.45, 2.75) is 45.8 Å². The molecule has 0 aromatic heterocycles. The van der Waals surface area contributed by atoms with Crippen molar-refractivity contribution in [3.63, 3.8) is 0 Å². The summed E-state index contributed by atoms with van der Waals surface area (Å²) in [5.41, 5.74) is -0.0265. The van der Waals surface area contributed by atoms with E-state index in [1.165, 1.54) is 0 Å². The van der Waals surface area contributed by atoms with Crippen LogP contribution >= 0.6 is 0 Å². The molecule has 0 aliphatic heterocycles. The van der Waals surface area contributed by atoms with Crippen molar-refractivity contribution >= 4 is 11.6 Å². The zero-order valence-electron chi connectivity index (χ0n) is 14.4. The number of para-hydroxylation sites is 1. The summed E-state index contributed by atoms with van der Waals surface area (Å²) in [6, 6.07) is 11.7. The number of carbonyl (C=O) groups is 1. The molecule has 0 heterocycles. The van der Waals surface area contributed by atoms with Crippen LogP contribution in [0, 0.1) is 17.2 Å². The third kappa shape index (κ3) is 5.57. The first-order valence-corrected chi connectivity index (χ1v) is 8.02. The van der Waals surface area contributed by atoms with Crippen LogP contribution in [-0.4, -0.2) is 35.7 Å². The number of aliphatic hydroxyl groups is 1. The summed E-state index contributed by atoms with van der Waals surface area (Å²) >= 11 is 0. The Labute approximate surface area is 138 Å². The first-order valence-electron chi connectivity index (χ1n) is 8.02. The minimum Gasteiger partial charge on any atom is -0.391 e. The fourth-order valence-corrected chi connectivity index (χ4v) is 2.09. The van der Waals surface area contributed by atoms with Gasteiger partial charge in [0.2, 0.25) is 5.91 Å². The van der Waals surface area contributed by atoms with Crippen LogP contribution in [0.15, 0.2) is 30.3 Å². The van der Waals surface area contributed by atoms with Gasteiger partial charge >= 0.3 is 0 Å². The summed E-state index contributed by atoms with van der Waals surface area (Å²) in [5, 5.41) is 22.1. The van der Waals surface area contributed by atoms with Crippen molar-refractivity contribution < 1.29 is 9.90 Å². The second-order valence-electron chi connectivity index (χ2n) is 6.30. The molecule has 2 atom stereocenters. The summed E-state index contributed by atoms with van der Waals surface area (Å²) < 4.78 is 0. The predicted molar refractivity (Wildman–Crippen MR) is 92.0 cm³/mol. The normalized spacial score (nSPS) is 14.7. The van der Waals surface area contributed by atoms with E-state index in [1.54, 1.807) is 6.92 Å². The number of nitrogens with zero attached hydrogens (tertiary/aromatic N) is 2. The van der Waals surface area contributed by atoms with E-state index in [4.69, 9.17) is 0 Å². The van der Waals surface area contributed by atoms with E-state index >= 15 is 0 Å². The molecule has 1 rings (SSSR count). The van der Waals surface area contributed by atoms with E-state index in [0.717, 1.165) is 5.69 Å². The SMILES string of the molecule is CC[C@H](O)CN(CC(=O)N[C@](C)(C#N)C(C)C)c1ccccc1. The number of rotatable bonds is 8. The Balaban J connectivity index is 2.85. The van der Waals surface area contributed by atoms with E-state index < -0.39 is 11.6 Å². The minimum atomic E-state index is -0.900. The quantitative estimate of drug-likeness (QED) is 0.771. The maximum atomic E-state index is 12.4. The summed E-state index contributed by atoms with van der Waals surface area (Å²) in [7, 11) is 0. The van der Waals surface area contributed by atoms with E-state index in [2.05, 4.69) is 11.4 Å². The van der Waals surface area contributed by atoms with Crippen molar-refractivity contribution in [1.82, 2.24) is 5.32 Å². The average Bonchev–Trinajstić information content (AvgIpc) is 2.54. The van der Waals surface area contributed by atoms with Crippen LogP contribution in [0.25, 0.3) is 0 Å². The largest absolute Gasteiger partial charge is 0.391 e. The van der Waals surface area contributed by atoms with Crippen molar-refractivity contribution in [3.8, 4) is 6.07 Å². The van der Waals surface area contributed by atoms with Gasteiger partial charge in [-0.1, -0.05) is 39.0 Å². The average molecular weight is 317 g/mol. The molecule has 5 nitrogen and oxygen atoms in total. The Hall–Kier alpha value is -2.06. The maximum Gasteiger partial charge on any atom is 0.240 e. The molecule has 1 aromatic rings.